The molecule has 0 amide bonds. The third-order valence-corrected chi connectivity index (χ3v) is 2.89. The average molecular weight is 253 g/mol. The maximum atomic E-state index is 5.37. The highest BCUT2D eigenvalue weighted by atomic mass is 16.5. The van der Waals surface area contributed by atoms with Crippen LogP contribution in [0.5, 0.6) is 0 Å². The highest BCUT2D eigenvalue weighted by molar-refractivity contribution is 5.29. The molecule has 0 saturated carbocycles. The molecule has 18 heavy (non-hydrogen) atoms. The zero-order valence-corrected chi connectivity index (χ0v) is 12.2. The number of aromatic nitrogens is 2. The molecule has 4 nitrogen and oxygen atoms in total. The van der Waals surface area contributed by atoms with E-state index in [1.807, 2.05) is 13.8 Å². The van der Waals surface area contributed by atoms with Crippen LogP contribution in [0.3, 0.4) is 0 Å². The molecule has 1 atom stereocenters. The second-order valence-electron chi connectivity index (χ2n) is 4.78. The van der Waals surface area contributed by atoms with Gasteiger partial charge >= 0.3 is 0 Å². The van der Waals surface area contributed by atoms with E-state index in [9.17, 15) is 0 Å². The maximum Gasteiger partial charge on any atom is 0.203 e. The van der Waals surface area contributed by atoms with Gasteiger partial charge in [-0.25, -0.2) is 4.98 Å². The molecule has 0 spiro atoms. The number of imidazole rings is 1. The Balaban J connectivity index is 2.50. The lowest BCUT2D eigenvalue weighted by Gasteiger charge is -2.15. The molecule has 0 aliphatic rings. The first kappa shape index (κ1) is 15.0. The fraction of sp³-hybridized carbons (Fsp3) is 0.786. The van der Waals surface area contributed by atoms with Crippen LogP contribution in [0.15, 0.2) is 6.20 Å². The molecule has 1 heterocycles. The van der Waals surface area contributed by atoms with Crippen LogP contribution in [0.25, 0.3) is 0 Å². The predicted molar refractivity (Wildman–Crippen MR) is 76.1 cm³/mol. The monoisotopic (exact) mass is 253 g/mol. The first-order chi connectivity index (χ1) is 8.67. The second-order valence-corrected chi connectivity index (χ2v) is 4.78. The van der Waals surface area contributed by atoms with Gasteiger partial charge in [0.05, 0.1) is 5.69 Å². The summed E-state index contributed by atoms with van der Waals surface area (Å²) in [6.45, 7) is 11.0. The van der Waals surface area contributed by atoms with Gasteiger partial charge in [0.15, 0.2) is 0 Å². The van der Waals surface area contributed by atoms with Crippen LogP contribution in [0, 0.1) is 6.92 Å². The van der Waals surface area contributed by atoms with Crippen molar-refractivity contribution in [3.8, 4) is 0 Å². The highest BCUT2D eigenvalue weighted by Gasteiger charge is 2.08. The summed E-state index contributed by atoms with van der Waals surface area (Å²) in [5.41, 5.74) is 1.07. The van der Waals surface area contributed by atoms with Crippen molar-refractivity contribution in [3.05, 3.63) is 11.9 Å². The van der Waals surface area contributed by atoms with Crippen LogP contribution in [0.1, 0.15) is 45.7 Å². The maximum absolute atomic E-state index is 5.37. The summed E-state index contributed by atoms with van der Waals surface area (Å²) in [6, 6.07) is 0.474. The Morgan fingerprint density at radius 2 is 2.22 bits per heavy atom. The normalized spacial score (nSPS) is 12.7. The fourth-order valence-corrected chi connectivity index (χ4v) is 2.04. The minimum absolute atomic E-state index is 0.474. The van der Waals surface area contributed by atoms with Crippen molar-refractivity contribution in [2.24, 2.45) is 0 Å². The molecule has 0 aliphatic heterocycles. The number of nitrogens with zero attached hydrogens (tertiary/aromatic N) is 2. The van der Waals surface area contributed by atoms with E-state index in [4.69, 9.17) is 4.74 Å². The van der Waals surface area contributed by atoms with Crippen LogP contribution < -0.4 is 5.32 Å². The third kappa shape index (κ3) is 5.08. The summed E-state index contributed by atoms with van der Waals surface area (Å²) >= 11 is 0. The minimum Gasteiger partial charge on any atom is -0.382 e. The zero-order chi connectivity index (χ0) is 13.4. The van der Waals surface area contributed by atoms with Crippen LogP contribution >= 0.6 is 0 Å². The van der Waals surface area contributed by atoms with Gasteiger partial charge in [0.2, 0.25) is 5.95 Å². The Morgan fingerprint density at radius 3 is 2.89 bits per heavy atom. The number of anilines is 1. The van der Waals surface area contributed by atoms with Crippen LogP contribution in [0.4, 0.5) is 5.95 Å². The predicted octanol–water partition coefficient (Wildman–Crippen LogP) is 3.22. The van der Waals surface area contributed by atoms with Gasteiger partial charge < -0.3 is 14.6 Å². The molecule has 0 saturated heterocycles. The van der Waals surface area contributed by atoms with Crippen molar-refractivity contribution >= 4 is 5.95 Å². The highest BCUT2D eigenvalue weighted by Crippen LogP contribution is 2.12. The van der Waals surface area contributed by atoms with Crippen molar-refractivity contribution in [1.29, 1.82) is 0 Å². The lowest BCUT2D eigenvalue weighted by molar-refractivity contribution is 0.142. The Labute approximate surface area is 111 Å². The van der Waals surface area contributed by atoms with E-state index in [0.717, 1.165) is 37.8 Å². The van der Waals surface area contributed by atoms with Gasteiger partial charge in [-0.3, -0.25) is 0 Å². The molecule has 104 valence electrons. The first-order valence-corrected chi connectivity index (χ1v) is 7.05. The van der Waals surface area contributed by atoms with Gasteiger partial charge in [-0.15, -0.1) is 0 Å². The van der Waals surface area contributed by atoms with Crippen molar-refractivity contribution in [2.45, 2.75) is 59.5 Å². The first-order valence-electron chi connectivity index (χ1n) is 7.05. The topological polar surface area (TPSA) is 39.1 Å². The quantitative estimate of drug-likeness (QED) is 0.687. The van der Waals surface area contributed by atoms with Crippen molar-refractivity contribution in [3.63, 3.8) is 0 Å². The third-order valence-electron chi connectivity index (χ3n) is 2.89. The Bertz CT molecular complexity index is 336. The summed E-state index contributed by atoms with van der Waals surface area (Å²) in [5.74, 6) is 0.991. The van der Waals surface area contributed by atoms with E-state index in [-0.39, 0.29) is 0 Å². The second kappa shape index (κ2) is 8.14. The number of ether oxygens (including phenoxy) is 1. The van der Waals surface area contributed by atoms with E-state index in [0.29, 0.717) is 6.04 Å². The average Bonchev–Trinajstić information content (AvgIpc) is 2.65. The summed E-state index contributed by atoms with van der Waals surface area (Å²) in [7, 11) is 0. The van der Waals surface area contributed by atoms with E-state index in [1.54, 1.807) is 0 Å². The summed E-state index contributed by atoms with van der Waals surface area (Å²) in [5, 5.41) is 3.48. The Kier molecular flexibility index (Phi) is 6.80. The van der Waals surface area contributed by atoms with Gasteiger partial charge in [-0.05, 0) is 33.6 Å². The minimum atomic E-state index is 0.474. The Hall–Kier alpha value is -1.03. The van der Waals surface area contributed by atoms with Gasteiger partial charge in [-0.2, -0.15) is 0 Å². The smallest absolute Gasteiger partial charge is 0.203 e. The van der Waals surface area contributed by atoms with Gasteiger partial charge in [-0.1, -0.05) is 13.3 Å². The van der Waals surface area contributed by atoms with Crippen molar-refractivity contribution in [2.75, 3.05) is 18.5 Å². The van der Waals surface area contributed by atoms with E-state index < -0.39 is 0 Å². The molecule has 0 fully saturated rings. The Morgan fingerprint density at radius 1 is 1.44 bits per heavy atom. The lowest BCUT2D eigenvalue weighted by Crippen LogP contribution is -2.18. The van der Waals surface area contributed by atoms with E-state index in [2.05, 4.69) is 34.9 Å². The van der Waals surface area contributed by atoms with Crippen LogP contribution in [-0.4, -0.2) is 28.8 Å². The SMILES string of the molecule is CCCC(C)Nc1nc(C)cn1CCCOCC. The van der Waals surface area contributed by atoms with Gasteiger partial charge in [0.25, 0.3) is 0 Å². The molecule has 1 aromatic rings. The number of rotatable bonds is 9. The molecular weight excluding hydrogens is 226 g/mol. The van der Waals surface area contributed by atoms with Crippen LogP contribution in [0.2, 0.25) is 0 Å². The molecule has 0 bridgehead atoms. The van der Waals surface area contributed by atoms with E-state index in [1.165, 1.54) is 12.8 Å². The van der Waals surface area contributed by atoms with Crippen molar-refractivity contribution < 1.29 is 4.74 Å². The molecule has 1 aromatic heterocycles. The molecular formula is C14H27N3O. The fourth-order valence-electron chi connectivity index (χ4n) is 2.04. The van der Waals surface area contributed by atoms with Crippen LogP contribution in [-0.2, 0) is 11.3 Å². The van der Waals surface area contributed by atoms with E-state index >= 15 is 0 Å². The number of nitrogens with one attached hydrogen (secondary N) is 1. The zero-order valence-electron chi connectivity index (χ0n) is 12.2. The summed E-state index contributed by atoms with van der Waals surface area (Å²) in [6.07, 6.45) is 5.50. The molecule has 4 heteroatoms. The molecule has 0 aromatic carbocycles. The largest absolute Gasteiger partial charge is 0.382 e. The molecule has 1 unspecified atom stereocenters. The molecule has 0 radical (unpaired) electrons. The van der Waals surface area contributed by atoms with Gasteiger partial charge in [0, 0.05) is 32.0 Å². The van der Waals surface area contributed by atoms with Crippen molar-refractivity contribution in [1.82, 2.24) is 9.55 Å². The lowest BCUT2D eigenvalue weighted by atomic mass is 10.2. The molecule has 1 N–H and O–H groups in total. The summed E-state index contributed by atoms with van der Waals surface area (Å²) < 4.78 is 7.56. The number of hydrogen-bond acceptors (Lipinski definition) is 3. The van der Waals surface area contributed by atoms with Gasteiger partial charge in [0.1, 0.15) is 0 Å². The number of aryl methyl sites for hydroxylation is 2. The number of hydrogen-bond donors (Lipinski definition) is 1. The summed E-state index contributed by atoms with van der Waals surface area (Å²) in [4.78, 5) is 4.54. The molecule has 0 aliphatic carbocycles. The standard InChI is InChI=1S/C14H27N3O/c1-5-8-12(3)15-14-16-13(4)11-17(14)9-7-10-18-6-2/h11-12H,5-10H2,1-4H3,(H,15,16). The molecule has 1 rings (SSSR count).